The van der Waals surface area contributed by atoms with Crippen LogP contribution in [0.25, 0.3) is 0 Å². The highest BCUT2D eigenvalue weighted by Gasteiger charge is 2.22. The Bertz CT molecular complexity index is 764. The Morgan fingerprint density at radius 2 is 2.00 bits per heavy atom. The van der Waals surface area contributed by atoms with E-state index in [0.717, 1.165) is 5.69 Å². The highest BCUT2D eigenvalue weighted by atomic mass is 79.9. The van der Waals surface area contributed by atoms with E-state index < -0.39 is 10.0 Å². The van der Waals surface area contributed by atoms with E-state index in [-0.39, 0.29) is 10.3 Å². The van der Waals surface area contributed by atoms with Gasteiger partial charge in [0.05, 0.1) is 5.69 Å². The number of benzene rings is 1. The average molecular weight is 390 g/mol. The average Bonchev–Trinajstić information content (AvgIpc) is 2.75. The highest BCUT2D eigenvalue weighted by molar-refractivity contribution is 9.10. The molecular formula is C13H16BrN3O2S2. The van der Waals surface area contributed by atoms with Gasteiger partial charge in [-0.05, 0) is 34.1 Å². The van der Waals surface area contributed by atoms with Crippen LogP contribution in [-0.4, -0.2) is 13.4 Å². The molecule has 5 nitrogen and oxygen atoms in total. The predicted octanol–water partition coefficient (Wildman–Crippen LogP) is 3.59. The van der Waals surface area contributed by atoms with Gasteiger partial charge in [-0.3, -0.25) is 4.72 Å². The molecule has 0 aliphatic rings. The molecule has 0 radical (unpaired) electrons. The molecular weight excluding hydrogens is 374 g/mol. The molecule has 0 spiro atoms. The van der Waals surface area contributed by atoms with Crippen molar-refractivity contribution in [3.05, 3.63) is 33.7 Å². The second-order valence-corrected chi connectivity index (χ2v) is 8.95. The lowest BCUT2D eigenvalue weighted by Gasteiger charge is -2.14. The third-order valence-electron chi connectivity index (χ3n) is 2.74. The second-order valence-electron chi connectivity index (χ2n) is 5.58. The second kappa shape index (κ2) is 5.58. The largest absolute Gasteiger partial charge is 0.399 e. The minimum Gasteiger partial charge on any atom is -0.399 e. The van der Waals surface area contributed by atoms with Crippen LogP contribution in [0, 0.1) is 0 Å². The summed E-state index contributed by atoms with van der Waals surface area (Å²) in [5.74, 6) is 0. The smallest absolute Gasteiger partial charge is 0.264 e. The maximum absolute atomic E-state index is 12.4. The molecule has 1 aromatic carbocycles. The number of anilines is 2. The van der Waals surface area contributed by atoms with Gasteiger partial charge in [-0.1, -0.05) is 20.8 Å². The lowest BCUT2D eigenvalue weighted by molar-refractivity contribution is 0.573. The summed E-state index contributed by atoms with van der Waals surface area (Å²) in [5, 5.41) is 2.21. The maximum atomic E-state index is 12.4. The summed E-state index contributed by atoms with van der Waals surface area (Å²) >= 11 is 4.48. The molecule has 1 heterocycles. The molecule has 0 saturated heterocycles. The molecule has 0 bridgehead atoms. The number of sulfonamides is 1. The minimum absolute atomic E-state index is 0.123. The third-order valence-corrected chi connectivity index (χ3v) is 5.94. The maximum Gasteiger partial charge on any atom is 0.264 e. The standard InChI is InChI=1S/C13H16BrN3O2S2/c1-13(2,3)11-7-20-12(16-11)17-21(18,19)10-5-4-8(15)6-9(10)14/h4-7H,15H2,1-3H3,(H,16,17). The van der Waals surface area contributed by atoms with E-state index in [4.69, 9.17) is 5.73 Å². The van der Waals surface area contributed by atoms with E-state index >= 15 is 0 Å². The van der Waals surface area contributed by atoms with E-state index in [0.29, 0.717) is 15.3 Å². The van der Waals surface area contributed by atoms with Gasteiger partial charge in [-0.2, -0.15) is 0 Å². The SMILES string of the molecule is CC(C)(C)c1csc(NS(=O)(=O)c2ccc(N)cc2Br)n1. The third kappa shape index (κ3) is 3.75. The zero-order valence-corrected chi connectivity index (χ0v) is 15.1. The number of thiazole rings is 1. The molecule has 0 aliphatic carbocycles. The molecule has 0 saturated carbocycles. The number of hydrogen-bond acceptors (Lipinski definition) is 5. The van der Waals surface area contributed by atoms with Crippen molar-refractivity contribution in [3.63, 3.8) is 0 Å². The Kier molecular flexibility index (Phi) is 4.32. The predicted molar refractivity (Wildman–Crippen MR) is 90.2 cm³/mol. The number of nitrogen functional groups attached to an aromatic ring is 1. The molecule has 0 aliphatic heterocycles. The summed E-state index contributed by atoms with van der Waals surface area (Å²) in [7, 11) is -3.70. The fourth-order valence-corrected chi connectivity index (χ4v) is 4.86. The first kappa shape index (κ1) is 16.3. The summed E-state index contributed by atoms with van der Waals surface area (Å²) < 4.78 is 27.7. The van der Waals surface area contributed by atoms with Crippen LogP contribution in [-0.2, 0) is 15.4 Å². The minimum atomic E-state index is -3.70. The van der Waals surface area contributed by atoms with E-state index in [1.54, 1.807) is 12.1 Å². The summed E-state index contributed by atoms with van der Waals surface area (Å²) in [6, 6.07) is 4.55. The number of aromatic nitrogens is 1. The lowest BCUT2D eigenvalue weighted by Crippen LogP contribution is -2.15. The summed E-state index contributed by atoms with van der Waals surface area (Å²) in [6.07, 6.45) is 0. The number of rotatable bonds is 3. The van der Waals surface area contributed by atoms with E-state index in [1.165, 1.54) is 17.4 Å². The van der Waals surface area contributed by atoms with Crippen LogP contribution in [0.1, 0.15) is 26.5 Å². The zero-order valence-electron chi connectivity index (χ0n) is 11.8. The van der Waals surface area contributed by atoms with Crippen LogP contribution in [0.5, 0.6) is 0 Å². The van der Waals surface area contributed by atoms with Crippen molar-refractivity contribution in [1.82, 2.24) is 4.98 Å². The van der Waals surface area contributed by atoms with Crippen LogP contribution in [0.4, 0.5) is 10.8 Å². The molecule has 0 unspecified atom stereocenters. The van der Waals surface area contributed by atoms with Crippen LogP contribution in [0.2, 0.25) is 0 Å². The van der Waals surface area contributed by atoms with Gasteiger partial charge in [0.15, 0.2) is 5.13 Å². The first-order valence-electron chi connectivity index (χ1n) is 6.13. The number of nitrogens with zero attached hydrogens (tertiary/aromatic N) is 1. The highest BCUT2D eigenvalue weighted by Crippen LogP contribution is 2.30. The van der Waals surface area contributed by atoms with Crippen molar-refractivity contribution in [2.24, 2.45) is 0 Å². The molecule has 0 atom stereocenters. The quantitative estimate of drug-likeness (QED) is 0.785. The van der Waals surface area contributed by atoms with Crippen molar-refractivity contribution in [1.29, 1.82) is 0 Å². The van der Waals surface area contributed by atoms with Crippen molar-refractivity contribution >= 4 is 48.1 Å². The summed E-state index contributed by atoms with van der Waals surface area (Å²) in [5.41, 5.74) is 6.84. The molecule has 8 heteroatoms. The van der Waals surface area contributed by atoms with Gasteiger partial charge < -0.3 is 5.73 Å². The Balaban J connectivity index is 2.31. The normalized spacial score (nSPS) is 12.4. The van der Waals surface area contributed by atoms with Crippen LogP contribution in [0.15, 0.2) is 32.9 Å². The molecule has 21 heavy (non-hydrogen) atoms. The van der Waals surface area contributed by atoms with Gasteiger partial charge in [0.25, 0.3) is 10.0 Å². The number of nitrogens with two attached hydrogens (primary N) is 1. The van der Waals surface area contributed by atoms with Gasteiger partial charge in [-0.25, -0.2) is 13.4 Å². The summed E-state index contributed by atoms with van der Waals surface area (Å²) in [4.78, 5) is 4.46. The molecule has 114 valence electrons. The van der Waals surface area contributed by atoms with Gasteiger partial charge in [0, 0.05) is 21.0 Å². The molecule has 1 aromatic heterocycles. The molecule has 0 fully saturated rings. The van der Waals surface area contributed by atoms with Crippen LogP contribution < -0.4 is 10.5 Å². The van der Waals surface area contributed by atoms with E-state index in [1.807, 2.05) is 26.2 Å². The Morgan fingerprint density at radius 3 is 2.52 bits per heavy atom. The van der Waals surface area contributed by atoms with Crippen molar-refractivity contribution in [2.75, 3.05) is 10.5 Å². The zero-order chi connectivity index (χ0) is 15.8. The summed E-state index contributed by atoms with van der Waals surface area (Å²) in [6.45, 7) is 6.07. The van der Waals surface area contributed by atoms with Crippen molar-refractivity contribution in [2.45, 2.75) is 31.1 Å². The van der Waals surface area contributed by atoms with Crippen molar-refractivity contribution in [3.8, 4) is 0 Å². The van der Waals surface area contributed by atoms with Gasteiger partial charge in [0.2, 0.25) is 0 Å². The monoisotopic (exact) mass is 389 g/mol. The Morgan fingerprint density at radius 1 is 1.33 bits per heavy atom. The van der Waals surface area contributed by atoms with Gasteiger partial charge in [0.1, 0.15) is 4.90 Å². The number of nitrogens with one attached hydrogen (secondary N) is 1. The van der Waals surface area contributed by atoms with Gasteiger partial charge in [-0.15, -0.1) is 11.3 Å². The lowest BCUT2D eigenvalue weighted by atomic mass is 9.93. The van der Waals surface area contributed by atoms with Crippen LogP contribution >= 0.6 is 27.3 Å². The number of halogens is 1. The Labute approximate surface area is 136 Å². The molecule has 0 amide bonds. The Hall–Kier alpha value is -1.12. The fourth-order valence-electron chi connectivity index (χ4n) is 1.57. The fraction of sp³-hybridized carbons (Fsp3) is 0.308. The van der Waals surface area contributed by atoms with E-state index in [2.05, 4.69) is 25.6 Å². The van der Waals surface area contributed by atoms with Crippen molar-refractivity contribution < 1.29 is 8.42 Å². The first-order valence-corrected chi connectivity index (χ1v) is 9.29. The van der Waals surface area contributed by atoms with Crippen LogP contribution in [0.3, 0.4) is 0 Å². The molecule has 2 rings (SSSR count). The molecule has 2 aromatic rings. The topological polar surface area (TPSA) is 85.1 Å². The first-order chi connectivity index (χ1) is 9.59. The van der Waals surface area contributed by atoms with E-state index in [9.17, 15) is 8.42 Å². The number of hydrogen-bond donors (Lipinski definition) is 2. The van der Waals surface area contributed by atoms with Gasteiger partial charge >= 0.3 is 0 Å². The molecule has 3 N–H and O–H groups in total.